The second kappa shape index (κ2) is 8.36. The van der Waals surface area contributed by atoms with Crippen molar-refractivity contribution in [3.05, 3.63) is 48.3 Å². The van der Waals surface area contributed by atoms with Crippen LogP contribution in [0, 0.1) is 5.92 Å². The molecule has 5 heteroatoms. The first-order chi connectivity index (χ1) is 11.1. The van der Waals surface area contributed by atoms with Crippen LogP contribution in [0.5, 0.6) is 0 Å². The summed E-state index contributed by atoms with van der Waals surface area (Å²) in [5, 5.41) is 11.0. The lowest BCUT2D eigenvalue weighted by Gasteiger charge is -2.20. The van der Waals surface area contributed by atoms with E-state index in [1.807, 2.05) is 16.9 Å². The summed E-state index contributed by atoms with van der Waals surface area (Å²) in [5.41, 5.74) is 2.37. The van der Waals surface area contributed by atoms with Crippen molar-refractivity contribution in [2.75, 3.05) is 13.6 Å². The highest BCUT2D eigenvalue weighted by Crippen LogP contribution is 2.08. The van der Waals surface area contributed by atoms with Crippen LogP contribution < -0.4 is 10.6 Å². The van der Waals surface area contributed by atoms with E-state index >= 15 is 0 Å². The molecule has 124 valence electrons. The largest absolute Gasteiger partial charge is 0.356 e. The van der Waals surface area contributed by atoms with E-state index in [1.54, 1.807) is 13.2 Å². The average molecular weight is 313 g/mol. The first kappa shape index (κ1) is 17.1. The quantitative estimate of drug-likeness (QED) is 0.637. The van der Waals surface area contributed by atoms with Gasteiger partial charge in [0.25, 0.3) is 0 Å². The van der Waals surface area contributed by atoms with Gasteiger partial charge in [0, 0.05) is 32.0 Å². The van der Waals surface area contributed by atoms with Crippen molar-refractivity contribution in [1.82, 2.24) is 20.4 Å². The molecule has 1 atom stereocenters. The molecule has 0 spiro atoms. The van der Waals surface area contributed by atoms with E-state index in [9.17, 15) is 0 Å². The lowest BCUT2D eigenvalue weighted by molar-refractivity contribution is 0.481. The van der Waals surface area contributed by atoms with Crippen molar-refractivity contribution in [2.45, 2.75) is 33.2 Å². The van der Waals surface area contributed by atoms with Gasteiger partial charge in [0.15, 0.2) is 5.96 Å². The molecule has 5 nitrogen and oxygen atoms in total. The minimum atomic E-state index is 0.398. The number of guanidine groups is 1. The number of hydrogen-bond acceptors (Lipinski definition) is 2. The van der Waals surface area contributed by atoms with E-state index in [-0.39, 0.29) is 0 Å². The molecule has 0 amide bonds. The molecule has 0 aliphatic rings. The molecule has 0 radical (unpaired) electrons. The fourth-order valence-electron chi connectivity index (χ4n) is 2.14. The third kappa shape index (κ3) is 5.13. The van der Waals surface area contributed by atoms with Crippen LogP contribution in [0.4, 0.5) is 0 Å². The Balaban J connectivity index is 1.81. The Morgan fingerprint density at radius 3 is 2.52 bits per heavy atom. The number of aliphatic imine (C=N–C) groups is 1. The smallest absolute Gasteiger partial charge is 0.191 e. The van der Waals surface area contributed by atoms with Crippen LogP contribution in [0.2, 0.25) is 0 Å². The number of aromatic nitrogens is 2. The van der Waals surface area contributed by atoms with Crippen LogP contribution in [0.15, 0.2) is 47.7 Å². The Morgan fingerprint density at radius 2 is 1.96 bits per heavy atom. The lowest BCUT2D eigenvalue weighted by atomic mass is 10.1. The molecule has 1 aromatic carbocycles. The maximum atomic E-state index is 4.27. The van der Waals surface area contributed by atoms with Crippen LogP contribution in [0.1, 0.15) is 26.3 Å². The SMILES string of the molecule is CN=C(NCCc1ccc(-n2cccn2)cc1)NC(C)C(C)C. The van der Waals surface area contributed by atoms with Gasteiger partial charge in [-0.3, -0.25) is 4.99 Å². The van der Waals surface area contributed by atoms with Crippen molar-refractivity contribution < 1.29 is 0 Å². The first-order valence-corrected chi connectivity index (χ1v) is 8.16. The third-order valence-electron chi connectivity index (χ3n) is 4.00. The number of nitrogens with one attached hydrogen (secondary N) is 2. The third-order valence-corrected chi connectivity index (χ3v) is 4.00. The summed E-state index contributed by atoms with van der Waals surface area (Å²) in [5.74, 6) is 1.43. The summed E-state index contributed by atoms with van der Waals surface area (Å²) in [4.78, 5) is 4.27. The summed E-state index contributed by atoms with van der Waals surface area (Å²) in [6.45, 7) is 7.43. The van der Waals surface area contributed by atoms with Gasteiger partial charge >= 0.3 is 0 Å². The first-order valence-electron chi connectivity index (χ1n) is 8.16. The van der Waals surface area contributed by atoms with Crippen molar-refractivity contribution in [1.29, 1.82) is 0 Å². The van der Waals surface area contributed by atoms with E-state index in [0.29, 0.717) is 12.0 Å². The fraction of sp³-hybridized carbons (Fsp3) is 0.444. The van der Waals surface area contributed by atoms with E-state index in [2.05, 4.69) is 65.8 Å². The fourth-order valence-corrected chi connectivity index (χ4v) is 2.14. The molecule has 0 fully saturated rings. The highest BCUT2D eigenvalue weighted by molar-refractivity contribution is 5.79. The molecular formula is C18H27N5. The molecule has 0 aliphatic heterocycles. The number of nitrogens with zero attached hydrogens (tertiary/aromatic N) is 3. The van der Waals surface area contributed by atoms with Gasteiger partial charge in [-0.1, -0.05) is 26.0 Å². The normalized spacial score (nSPS) is 13.2. The highest BCUT2D eigenvalue weighted by Gasteiger charge is 2.08. The van der Waals surface area contributed by atoms with Crippen molar-refractivity contribution >= 4 is 5.96 Å². The molecule has 0 aliphatic carbocycles. The topological polar surface area (TPSA) is 54.2 Å². The summed E-state index contributed by atoms with van der Waals surface area (Å²) in [7, 11) is 1.81. The van der Waals surface area contributed by atoms with E-state index < -0.39 is 0 Å². The predicted octanol–water partition coefficient (Wildman–Crippen LogP) is 2.62. The van der Waals surface area contributed by atoms with E-state index in [1.165, 1.54) is 5.56 Å². The van der Waals surface area contributed by atoms with Crippen LogP contribution >= 0.6 is 0 Å². The van der Waals surface area contributed by atoms with Gasteiger partial charge in [-0.05, 0) is 43.0 Å². The molecule has 0 saturated heterocycles. The van der Waals surface area contributed by atoms with Crippen molar-refractivity contribution in [3.63, 3.8) is 0 Å². The van der Waals surface area contributed by atoms with Crippen LogP contribution in [0.3, 0.4) is 0 Å². The van der Waals surface area contributed by atoms with Crippen LogP contribution in [-0.4, -0.2) is 35.4 Å². The maximum absolute atomic E-state index is 4.27. The van der Waals surface area contributed by atoms with Crippen LogP contribution in [0.25, 0.3) is 5.69 Å². The standard InChI is InChI=1S/C18H27N5/c1-14(2)15(3)22-18(19-4)20-12-10-16-6-8-17(9-7-16)23-13-5-11-21-23/h5-9,11,13-15H,10,12H2,1-4H3,(H2,19,20,22). The zero-order valence-electron chi connectivity index (χ0n) is 14.5. The Kier molecular flexibility index (Phi) is 6.20. The summed E-state index contributed by atoms with van der Waals surface area (Å²) >= 11 is 0. The van der Waals surface area contributed by atoms with Gasteiger partial charge in [-0.25, -0.2) is 4.68 Å². The number of benzene rings is 1. The molecule has 0 saturated carbocycles. The molecule has 1 aromatic heterocycles. The molecule has 2 N–H and O–H groups in total. The molecule has 2 rings (SSSR count). The molecular weight excluding hydrogens is 286 g/mol. The number of rotatable bonds is 6. The van der Waals surface area contributed by atoms with Gasteiger partial charge in [-0.2, -0.15) is 5.10 Å². The van der Waals surface area contributed by atoms with E-state index in [4.69, 9.17) is 0 Å². The molecule has 1 unspecified atom stereocenters. The second-order valence-electron chi connectivity index (χ2n) is 6.04. The summed E-state index contributed by atoms with van der Waals surface area (Å²) < 4.78 is 1.86. The number of hydrogen-bond donors (Lipinski definition) is 2. The zero-order chi connectivity index (χ0) is 16.7. The Morgan fingerprint density at radius 1 is 1.22 bits per heavy atom. The minimum Gasteiger partial charge on any atom is -0.356 e. The van der Waals surface area contributed by atoms with Gasteiger partial charge in [0.05, 0.1) is 5.69 Å². The average Bonchev–Trinajstić information content (AvgIpc) is 3.08. The van der Waals surface area contributed by atoms with Gasteiger partial charge in [0.2, 0.25) is 0 Å². The van der Waals surface area contributed by atoms with Crippen LogP contribution in [-0.2, 0) is 6.42 Å². The lowest BCUT2D eigenvalue weighted by Crippen LogP contribution is -2.44. The zero-order valence-corrected chi connectivity index (χ0v) is 14.5. The highest BCUT2D eigenvalue weighted by atomic mass is 15.3. The minimum absolute atomic E-state index is 0.398. The maximum Gasteiger partial charge on any atom is 0.191 e. The molecule has 2 aromatic rings. The Hall–Kier alpha value is -2.30. The van der Waals surface area contributed by atoms with Gasteiger partial charge in [0.1, 0.15) is 0 Å². The Labute approximate surface area is 138 Å². The molecule has 23 heavy (non-hydrogen) atoms. The summed E-state index contributed by atoms with van der Waals surface area (Å²) in [6.07, 6.45) is 4.69. The van der Waals surface area contributed by atoms with Crippen molar-refractivity contribution in [2.24, 2.45) is 10.9 Å². The monoisotopic (exact) mass is 313 g/mol. The predicted molar refractivity (Wildman–Crippen MR) is 96.1 cm³/mol. The van der Waals surface area contributed by atoms with Gasteiger partial charge in [-0.15, -0.1) is 0 Å². The second-order valence-corrected chi connectivity index (χ2v) is 6.04. The molecule has 0 bridgehead atoms. The summed E-state index contributed by atoms with van der Waals surface area (Å²) in [6, 6.07) is 10.8. The molecule has 1 heterocycles. The van der Waals surface area contributed by atoms with Gasteiger partial charge < -0.3 is 10.6 Å². The van der Waals surface area contributed by atoms with Crippen molar-refractivity contribution in [3.8, 4) is 5.69 Å². The van der Waals surface area contributed by atoms with E-state index in [0.717, 1.165) is 24.6 Å². The Bertz CT molecular complexity index is 599.